The van der Waals surface area contributed by atoms with E-state index in [2.05, 4.69) is 4.98 Å². The lowest BCUT2D eigenvalue weighted by atomic mass is 10.3. The van der Waals surface area contributed by atoms with Gasteiger partial charge in [-0.3, -0.25) is 9.36 Å². The molecule has 0 radical (unpaired) electrons. The van der Waals surface area contributed by atoms with E-state index in [-0.39, 0.29) is 5.56 Å². The normalized spacial score (nSPS) is 10.2. The van der Waals surface area contributed by atoms with Crippen LogP contribution in [0.5, 0.6) is 5.75 Å². The predicted molar refractivity (Wildman–Crippen MR) is 65.4 cm³/mol. The van der Waals surface area contributed by atoms with E-state index in [1.165, 1.54) is 10.6 Å². The summed E-state index contributed by atoms with van der Waals surface area (Å²) in [6.07, 6.45) is 3.21. The molecule has 0 fully saturated rings. The Morgan fingerprint density at radius 1 is 1.41 bits per heavy atom. The summed E-state index contributed by atoms with van der Waals surface area (Å²) in [5, 5.41) is 0. The van der Waals surface area contributed by atoms with E-state index in [4.69, 9.17) is 10.5 Å². The van der Waals surface area contributed by atoms with Gasteiger partial charge in [-0.25, -0.2) is 4.98 Å². The minimum absolute atomic E-state index is 0.164. The number of nitrogens with zero attached hydrogens (tertiary/aromatic N) is 2. The fourth-order valence-electron chi connectivity index (χ4n) is 1.47. The maximum absolute atomic E-state index is 11.8. The Hall–Kier alpha value is -2.30. The molecule has 5 nitrogen and oxygen atoms in total. The number of nitrogen functional groups attached to an aromatic ring is 1. The fraction of sp³-hybridized carbons (Fsp3) is 0.167. The average Bonchev–Trinajstić information content (AvgIpc) is 2.31. The van der Waals surface area contributed by atoms with Gasteiger partial charge >= 0.3 is 0 Å². The Labute approximate surface area is 98.5 Å². The summed E-state index contributed by atoms with van der Waals surface area (Å²) in [6.45, 7) is 2.41. The van der Waals surface area contributed by atoms with Crippen molar-refractivity contribution in [2.75, 3.05) is 12.3 Å². The van der Waals surface area contributed by atoms with Crippen LogP contribution in [-0.2, 0) is 0 Å². The van der Waals surface area contributed by atoms with Crippen LogP contribution >= 0.6 is 0 Å². The Balaban J connectivity index is 2.40. The first-order valence-corrected chi connectivity index (χ1v) is 5.28. The molecule has 5 heteroatoms. The zero-order valence-electron chi connectivity index (χ0n) is 9.46. The van der Waals surface area contributed by atoms with Crippen molar-refractivity contribution in [1.29, 1.82) is 0 Å². The summed E-state index contributed by atoms with van der Waals surface area (Å²) < 4.78 is 6.73. The molecule has 0 aliphatic carbocycles. The molecule has 2 N–H and O–H groups in total. The maximum atomic E-state index is 11.8. The molecule has 0 atom stereocenters. The van der Waals surface area contributed by atoms with Crippen molar-refractivity contribution in [3.8, 4) is 11.4 Å². The van der Waals surface area contributed by atoms with Crippen LogP contribution in [0.3, 0.4) is 0 Å². The van der Waals surface area contributed by atoms with Crippen LogP contribution in [0.25, 0.3) is 5.69 Å². The second kappa shape index (κ2) is 4.69. The molecule has 0 aliphatic rings. The molecule has 0 aliphatic heterocycles. The molecule has 2 aromatic heterocycles. The summed E-state index contributed by atoms with van der Waals surface area (Å²) in [4.78, 5) is 15.8. The van der Waals surface area contributed by atoms with Crippen LogP contribution in [0.15, 0.2) is 41.5 Å². The average molecular weight is 231 g/mol. The number of anilines is 1. The third-order valence-corrected chi connectivity index (χ3v) is 2.25. The van der Waals surface area contributed by atoms with E-state index >= 15 is 0 Å². The second-order valence-electron chi connectivity index (χ2n) is 3.44. The highest BCUT2D eigenvalue weighted by atomic mass is 16.5. The Bertz CT molecular complexity index is 561. The van der Waals surface area contributed by atoms with E-state index in [0.29, 0.717) is 23.9 Å². The number of hydrogen-bond acceptors (Lipinski definition) is 4. The molecule has 2 rings (SSSR count). The largest absolute Gasteiger partial charge is 0.494 e. The molecule has 2 heterocycles. The molecule has 0 spiro atoms. The summed E-state index contributed by atoms with van der Waals surface area (Å²) in [5.41, 5.74) is 6.00. The minimum atomic E-state index is -0.164. The van der Waals surface area contributed by atoms with Gasteiger partial charge in [-0.1, -0.05) is 0 Å². The molecule has 17 heavy (non-hydrogen) atoms. The molecule has 0 bridgehead atoms. The van der Waals surface area contributed by atoms with Gasteiger partial charge in [-0.2, -0.15) is 0 Å². The van der Waals surface area contributed by atoms with Crippen molar-refractivity contribution in [1.82, 2.24) is 9.55 Å². The number of ether oxygens (including phenoxy) is 1. The van der Waals surface area contributed by atoms with Crippen LogP contribution in [0.2, 0.25) is 0 Å². The first kappa shape index (κ1) is 11.2. The van der Waals surface area contributed by atoms with E-state index in [9.17, 15) is 4.79 Å². The lowest BCUT2D eigenvalue weighted by molar-refractivity contribution is 0.339. The molecular weight excluding hydrogens is 218 g/mol. The molecule has 0 saturated carbocycles. The van der Waals surface area contributed by atoms with Crippen LogP contribution < -0.4 is 16.0 Å². The van der Waals surface area contributed by atoms with Crippen molar-refractivity contribution >= 4 is 5.82 Å². The van der Waals surface area contributed by atoms with Gasteiger partial charge in [0.15, 0.2) is 0 Å². The van der Waals surface area contributed by atoms with E-state index in [0.717, 1.165) is 0 Å². The van der Waals surface area contributed by atoms with Gasteiger partial charge in [0.05, 0.1) is 18.5 Å². The van der Waals surface area contributed by atoms with Crippen molar-refractivity contribution in [2.45, 2.75) is 6.92 Å². The van der Waals surface area contributed by atoms with Gasteiger partial charge in [-0.15, -0.1) is 0 Å². The first-order valence-electron chi connectivity index (χ1n) is 5.28. The zero-order valence-corrected chi connectivity index (χ0v) is 9.46. The van der Waals surface area contributed by atoms with Gasteiger partial charge in [0.25, 0.3) is 5.56 Å². The van der Waals surface area contributed by atoms with E-state index < -0.39 is 0 Å². The Kier molecular flexibility index (Phi) is 3.09. The van der Waals surface area contributed by atoms with Crippen molar-refractivity contribution < 1.29 is 4.74 Å². The van der Waals surface area contributed by atoms with Gasteiger partial charge < -0.3 is 10.5 Å². The van der Waals surface area contributed by atoms with Crippen LogP contribution in [0.4, 0.5) is 5.82 Å². The highest BCUT2D eigenvalue weighted by molar-refractivity contribution is 5.38. The molecule has 0 aromatic carbocycles. The third kappa shape index (κ3) is 2.44. The summed E-state index contributed by atoms with van der Waals surface area (Å²) in [5.74, 6) is 0.991. The Morgan fingerprint density at radius 3 is 2.82 bits per heavy atom. The lowest BCUT2D eigenvalue weighted by Crippen LogP contribution is -2.17. The summed E-state index contributed by atoms with van der Waals surface area (Å²) in [7, 11) is 0. The number of pyridine rings is 2. The molecule has 88 valence electrons. The molecule has 0 saturated heterocycles. The Morgan fingerprint density at radius 2 is 2.24 bits per heavy atom. The van der Waals surface area contributed by atoms with Gasteiger partial charge in [-0.05, 0) is 25.1 Å². The first-order chi connectivity index (χ1) is 8.20. The standard InChI is InChI=1S/C12H13N3O2/c1-2-17-10-5-6-15(12(16)7-10)9-3-4-11(13)14-8-9/h3-8H,2H2,1H3,(H2,13,14). The molecule has 2 aromatic rings. The summed E-state index contributed by atoms with van der Waals surface area (Å²) in [6, 6.07) is 6.57. The van der Waals surface area contributed by atoms with Crippen LogP contribution in [-0.4, -0.2) is 16.2 Å². The van der Waals surface area contributed by atoms with Crippen LogP contribution in [0.1, 0.15) is 6.92 Å². The third-order valence-electron chi connectivity index (χ3n) is 2.25. The topological polar surface area (TPSA) is 70.1 Å². The lowest BCUT2D eigenvalue weighted by Gasteiger charge is -2.07. The van der Waals surface area contributed by atoms with E-state index in [1.807, 2.05) is 6.92 Å². The summed E-state index contributed by atoms with van der Waals surface area (Å²) >= 11 is 0. The highest BCUT2D eigenvalue weighted by Crippen LogP contribution is 2.09. The van der Waals surface area contributed by atoms with Gasteiger partial charge in [0.1, 0.15) is 11.6 Å². The number of nitrogens with two attached hydrogens (primary N) is 1. The number of rotatable bonds is 3. The SMILES string of the molecule is CCOc1ccn(-c2ccc(N)nc2)c(=O)c1. The highest BCUT2D eigenvalue weighted by Gasteiger charge is 2.01. The van der Waals surface area contributed by atoms with Crippen molar-refractivity contribution in [3.05, 3.63) is 47.0 Å². The molecular formula is C12H13N3O2. The minimum Gasteiger partial charge on any atom is -0.494 e. The predicted octanol–water partition coefficient (Wildman–Crippen LogP) is 1.21. The zero-order chi connectivity index (χ0) is 12.3. The molecule has 0 amide bonds. The molecule has 0 unspecified atom stereocenters. The smallest absolute Gasteiger partial charge is 0.258 e. The quantitative estimate of drug-likeness (QED) is 0.862. The van der Waals surface area contributed by atoms with Gasteiger partial charge in [0, 0.05) is 12.3 Å². The number of aromatic nitrogens is 2. The van der Waals surface area contributed by atoms with Gasteiger partial charge in [0.2, 0.25) is 0 Å². The second-order valence-corrected chi connectivity index (χ2v) is 3.44. The van der Waals surface area contributed by atoms with Crippen LogP contribution in [0, 0.1) is 0 Å². The van der Waals surface area contributed by atoms with Crippen molar-refractivity contribution in [2.24, 2.45) is 0 Å². The monoisotopic (exact) mass is 231 g/mol. The van der Waals surface area contributed by atoms with E-state index in [1.54, 1.807) is 30.6 Å². The fourth-order valence-corrected chi connectivity index (χ4v) is 1.47. The maximum Gasteiger partial charge on any atom is 0.258 e. The van der Waals surface area contributed by atoms with Crippen molar-refractivity contribution in [3.63, 3.8) is 0 Å². The number of hydrogen-bond donors (Lipinski definition) is 1.